The number of nitrogens with one attached hydrogen (secondary N) is 1. The molecule has 3 aromatic heterocycles. The zero-order valence-electron chi connectivity index (χ0n) is 12.9. The zero-order chi connectivity index (χ0) is 15.6. The first-order chi connectivity index (χ1) is 11.3. The summed E-state index contributed by atoms with van der Waals surface area (Å²) in [5.74, 6) is 1.89. The number of fused-ring (bicyclic) bond motifs is 1. The van der Waals surface area contributed by atoms with Crippen molar-refractivity contribution in [3.63, 3.8) is 0 Å². The van der Waals surface area contributed by atoms with Crippen LogP contribution in [0.15, 0.2) is 29.9 Å². The van der Waals surface area contributed by atoms with Gasteiger partial charge in [0.1, 0.15) is 12.1 Å². The lowest BCUT2D eigenvalue weighted by Crippen LogP contribution is -2.42. The Morgan fingerprint density at radius 3 is 3.04 bits per heavy atom. The average Bonchev–Trinajstić information content (AvgIpc) is 3.06. The Balaban J connectivity index is 1.51. The molecule has 4 heterocycles. The van der Waals surface area contributed by atoms with Crippen molar-refractivity contribution in [3.8, 4) is 0 Å². The normalized spacial score (nSPS) is 18.3. The summed E-state index contributed by atoms with van der Waals surface area (Å²) >= 11 is 1.68. The molecule has 1 unspecified atom stereocenters. The number of aryl methyl sites for hydroxylation is 1. The lowest BCUT2D eigenvalue weighted by Gasteiger charge is -2.34. The number of anilines is 2. The third-order valence-electron chi connectivity index (χ3n) is 4.11. The topological polar surface area (TPSA) is 66.8 Å². The highest BCUT2D eigenvalue weighted by atomic mass is 32.1. The molecule has 0 radical (unpaired) electrons. The second-order valence-corrected chi connectivity index (χ2v) is 6.74. The van der Waals surface area contributed by atoms with Crippen LogP contribution in [0, 0.1) is 6.92 Å². The van der Waals surface area contributed by atoms with Crippen molar-refractivity contribution in [3.05, 3.63) is 35.6 Å². The van der Waals surface area contributed by atoms with E-state index in [-0.39, 0.29) is 0 Å². The van der Waals surface area contributed by atoms with Crippen molar-refractivity contribution in [1.82, 2.24) is 20.2 Å². The van der Waals surface area contributed by atoms with Crippen LogP contribution in [0.3, 0.4) is 0 Å². The van der Waals surface area contributed by atoms with E-state index in [9.17, 15) is 0 Å². The molecule has 6 nitrogen and oxygen atoms in total. The van der Waals surface area contributed by atoms with Gasteiger partial charge in [0.25, 0.3) is 0 Å². The van der Waals surface area contributed by atoms with Gasteiger partial charge in [-0.2, -0.15) is 5.10 Å². The van der Waals surface area contributed by atoms with Crippen LogP contribution in [0.5, 0.6) is 0 Å². The monoisotopic (exact) mass is 326 g/mol. The standard InChI is InChI=1S/C16H18N6S/c1-11-4-5-14(21-20-11)22-7-2-3-12(9-22)19-16-15-13(6-8-23-15)17-10-18-16/h4-6,8,10,12H,2-3,7,9H2,1H3,(H,17,18,19). The number of piperidine rings is 1. The van der Waals surface area contributed by atoms with E-state index in [1.807, 2.05) is 25.1 Å². The van der Waals surface area contributed by atoms with Crippen LogP contribution >= 0.6 is 11.3 Å². The maximum atomic E-state index is 4.42. The first kappa shape index (κ1) is 14.3. The van der Waals surface area contributed by atoms with Crippen LogP contribution in [-0.2, 0) is 0 Å². The summed E-state index contributed by atoms with van der Waals surface area (Å²) < 4.78 is 1.12. The number of nitrogens with zero attached hydrogens (tertiary/aromatic N) is 5. The van der Waals surface area contributed by atoms with Crippen molar-refractivity contribution < 1.29 is 0 Å². The molecule has 1 saturated heterocycles. The van der Waals surface area contributed by atoms with Crippen LogP contribution in [0.25, 0.3) is 10.2 Å². The van der Waals surface area contributed by atoms with Crippen LogP contribution in [0.2, 0.25) is 0 Å². The smallest absolute Gasteiger partial charge is 0.151 e. The maximum absolute atomic E-state index is 4.42. The summed E-state index contributed by atoms with van der Waals surface area (Å²) in [5.41, 5.74) is 1.95. The fourth-order valence-corrected chi connectivity index (χ4v) is 3.75. The van der Waals surface area contributed by atoms with Crippen LogP contribution in [0.1, 0.15) is 18.5 Å². The van der Waals surface area contributed by atoms with Gasteiger partial charge in [0.05, 0.1) is 15.9 Å². The minimum absolute atomic E-state index is 0.354. The van der Waals surface area contributed by atoms with Gasteiger partial charge in [-0.25, -0.2) is 9.97 Å². The summed E-state index contributed by atoms with van der Waals surface area (Å²) in [6, 6.07) is 6.44. The minimum Gasteiger partial charge on any atom is -0.364 e. The van der Waals surface area contributed by atoms with E-state index < -0.39 is 0 Å². The van der Waals surface area contributed by atoms with Gasteiger partial charge >= 0.3 is 0 Å². The summed E-state index contributed by atoms with van der Waals surface area (Å²) in [6.07, 6.45) is 3.89. The quantitative estimate of drug-likeness (QED) is 0.798. The third-order valence-corrected chi connectivity index (χ3v) is 5.02. The molecule has 1 fully saturated rings. The van der Waals surface area contributed by atoms with Gasteiger partial charge in [0, 0.05) is 19.1 Å². The second kappa shape index (κ2) is 6.08. The van der Waals surface area contributed by atoms with E-state index in [0.717, 1.165) is 53.5 Å². The third kappa shape index (κ3) is 2.96. The Kier molecular flexibility index (Phi) is 3.78. The van der Waals surface area contributed by atoms with E-state index in [2.05, 4.69) is 35.8 Å². The molecule has 0 aromatic carbocycles. The van der Waals surface area contributed by atoms with Crippen molar-refractivity contribution >= 4 is 33.2 Å². The Labute approximate surface area is 138 Å². The molecule has 0 amide bonds. The van der Waals surface area contributed by atoms with Gasteiger partial charge in [-0.1, -0.05) is 0 Å². The van der Waals surface area contributed by atoms with Gasteiger partial charge in [-0.3, -0.25) is 0 Å². The molecule has 1 atom stereocenters. The summed E-state index contributed by atoms with van der Waals surface area (Å²) in [4.78, 5) is 11.0. The maximum Gasteiger partial charge on any atom is 0.151 e. The van der Waals surface area contributed by atoms with Crippen LogP contribution < -0.4 is 10.2 Å². The molecule has 0 saturated carbocycles. The molecule has 0 bridgehead atoms. The summed E-state index contributed by atoms with van der Waals surface area (Å²) in [5, 5.41) is 14.1. The highest BCUT2D eigenvalue weighted by molar-refractivity contribution is 7.17. The van der Waals surface area contributed by atoms with E-state index in [1.165, 1.54) is 0 Å². The van der Waals surface area contributed by atoms with E-state index in [1.54, 1.807) is 17.7 Å². The highest BCUT2D eigenvalue weighted by Crippen LogP contribution is 2.27. The Morgan fingerprint density at radius 1 is 1.22 bits per heavy atom. The van der Waals surface area contributed by atoms with Crippen molar-refractivity contribution in [2.45, 2.75) is 25.8 Å². The molecule has 1 aliphatic heterocycles. The first-order valence-electron chi connectivity index (χ1n) is 7.79. The molecule has 3 aromatic rings. The largest absolute Gasteiger partial charge is 0.364 e. The Morgan fingerprint density at radius 2 is 2.17 bits per heavy atom. The molecule has 0 aliphatic carbocycles. The Bertz CT molecular complexity index is 800. The van der Waals surface area contributed by atoms with Crippen LogP contribution in [0.4, 0.5) is 11.6 Å². The predicted molar refractivity (Wildman–Crippen MR) is 93.0 cm³/mol. The SMILES string of the molecule is Cc1ccc(N2CCCC(Nc3ncnc4ccsc34)C2)nn1. The molecule has 23 heavy (non-hydrogen) atoms. The summed E-state index contributed by atoms with van der Waals surface area (Å²) in [7, 11) is 0. The first-order valence-corrected chi connectivity index (χ1v) is 8.67. The van der Waals surface area contributed by atoms with E-state index in [0.29, 0.717) is 6.04 Å². The molecular formula is C16H18N6S. The van der Waals surface area contributed by atoms with Crippen LogP contribution in [-0.4, -0.2) is 39.3 Å². The van der Waals surface area contributed by atoms with Gasteiger partial charge in [-0.05, 0) is 43.3 Å². The molecular weight excluding hydrogens is 308 g/mol. The van der Waals surface area contributed by atoms with Crippen molar-refractivity contribution in [2.75, 3.05) is 23.3 Å². The Hall–Kier alpha value is -2.28. The minimum atomic E-state index is 0.354. The fraction of sp³-hybridized carbons (Fsp3) is 0.375. The fourth-order valence-electron chi connectivity index (χ4n) is 2.95. The molecule has 7 heteroatoms. The number of thiophene rings is 1. The molecule has 4 rings (SSSR count). The van der Waals surface area contributed by atoms with Gasteiger partial charge < -0.3 is 10.2 Å². The molecule has 118 valence electrons. The number of aromatic nitrogens is 4. The molecule has 1 aliphatic rings. The van der Waals surface area contributed by atoms with E-state index in [4.69, 9.17) is 0 Å². The number of hydrogen-bond acceptors (Lipinski definition) is 7. The molecule has 1 N–H and O–H groups in total. The number of hydrogen-bond donors (Lipinski definition) is 1. The summed E-state index contributed by atoms with van der Waals surface area (Å²) in [6.45, 7) is 3.89. The molecule has 0 spiro atoms. The number of rotatable bonds is 3. The predicted octanol–water partition coefficient (Wildman–Crippen LogP) is 2.87. The van der Waals surface area contributed by atoms with E-state index >= 15 is 0 Å². The lowest BCUT2D eigenvalue weighted by molar-refractivity contribution is 0.524. The highest BCUT2D eigenvalue weighted by Gasteiger charge is 2.22. The zero-order valence-corrected chi connectivity index (χ0v) is 13.8. The van der Waals surface area contributed by atoms with Gasteiger partial charge in [0.15, 0.2) is 5.82 Å². The second-order valence-electron chi connectivity index (χ2n) is 5.82. The van der Waals surface area contributed by atoms with Gasteiger partial charge in [-0.15, -0.1) is 16.4 Å². The van der Waals surface area contributed by atoms with Gasteiger partial charge in [0.2, 0.25) is 0 Å². The average molecular weight is 326 g/mol. The lowest BCUT2D eigenvalue weighted by atomic mass is 10.1. The van der Waals surface area contributed by atoms with Crippen molar-refractivity contribution in [1.29, 1.82) is 0 Å². The van der Waals surface area contributed by atoms with Crippen molar-refractivity contribution in [2.24, 2.45) is 0 Å².